The van der Waals surface area contributed by atoms with Gasteiger partial charge in [0.15, 0.2) is 0 Å². The van der Waals surface area contributed by atoms with Crippen LogP contribution in [-0.4, -0.2) is 58.7 Å². The van der Waals surface area contributed by atoms with Crippen molar-refractivity contribution in [3.63, 3.8) is 0 Å². The van der Waals surface area contributed by atoms with Crippen LogP contribution in [0.25, 0.3) is 0 Å². The zero-order chi connectivity index (χ0) is 20.7. The van der Waals surface area contributed by atoms with E-state index in [0.29, 0.717) is 0 Å². The van der Waals surface area contributed by atoms with E-state index in [1.165, 1.54) is 0 Å². The van der Waals surface area contributed by atoms with Gasteiger partial charge in [-0.25, -0.2) is 0 Å². The minimum absolute atomic E-state index is 1.33. The summed E-state index contributed by atoms with van der Waals surface area (Å²) in [5, 5.41) is 16.9. The van der Waals surface area contributed by atoms with Gasteiger partial charge in [-0.3, -0.25) is 0 Å². The van der Waals surface area contributed by atoms with E-state index in [4.69, 9.17) is 10.2 Å². The van der Waals surface area contributed by atoms with Crippen molar-refractivity contribution < 1.29 is 67.3 Å². The summed E-state index contributed by atoms with van der Waals surface area (Å²) in [5.74, 6) is -37.1. The first-order valence-corrected chi connectivity index (χ1v) is 5.95. The van der Waals surface area contributed by atoms with Crippen LogP contribution in [0, 0.1) is 0 Å². The van der Waals surface area contributed by atoms with Gasteiger partial charge < -0.3 is 10.2 Å². The predicted molar refractivity (Wildman–Crippen MR) is 53.1 cm³/mol. The second-order valence-electron chi connectivity index (χ2n) is 4.87. The Balaban J connectivity index is 5.95. The van der Waals surface area contributed by atoms with Crippen molar-refractivity contribution >= 4 is 0 Å². The third-order valence-corrected chi connectivity index (χ3v) is 3.00. The summed E-state index contributed by atoms with van der Waals surface area (Å²) in [4.78, 5) is 0. The van der Waals surface area contributed by atoms with Gasteiger partial charge in [0, 0.05) is 6.42 Å². The average molecular weight is 408 g/mol. The standard InChI is InChI=1S/C10H9F13O2/c11-5(12,2-1-4(25)3-24)6(13,14)7(15,16)8(17,18)9(19,20)10(21,22)23/h4,24-25H,1-3H2/t4-/m0/s1. The molecule has 0 aromatic heterocycles. The first kappa shape index (κ1) is 24.0. The highest BCUT2D eigenvalue weighted by atomic mass is 19.4. The molecular formula is C10H9F13O2. The number of alkyl halides is 13. The Morgan fingerprint density at radius 3 is 1.28 bits per heavy atom. The lowest BCUT2D eigenvalue weighted by Crippen LogP contribution is -2.70. The van der Waals surface area contributed by atoms with E-state index in [-0.39, 0.29) is 0 Å². The van der Waals surface area contributed by atoms with E-state index in [2.05, 4.69) is 0 Å². The molecular weight excluding hydrogens is 399 g/mol. The van der Waals surface area contributed by atoms with E-state index in [0.717, 1.165) is 0 Å². The van der Waals surface area contributed by atoms with Crippen molar-refractivity contribution in [3.05, 3.63) is 0 Å². The van der Waals surface area contributed by atoms with Crippen LogP contribution in [0.15, 0.2) is 0 Å². The summed E-state index contributed by atoms with van der Waals surface area (Å²) < 4.78 is 165. The molecule has 0 unspecified atom stereocenters. The topological polar surface area (TPSA) is 40.5 Å². The van der Waals surface area contributed by atoms with Crippen LogP contribution in [0.5, 0.6) is 0 Å². The van der Waals surface area contributed by atoms with Crippen molar-refractivity contribution in [1.29, 1.82) is 0 Å². The van der Waals surface area contributed by atoms with Crippen molar-refractivity contribution in [2.24, 2.45) is 0 Å². The summed E-state index contributed by atoms with van der Waals surface area (Å²) in [6.07, 6.45) is -13.7. The summed E-state index contributed by atoms with van der Waals surface area (Å²) in [6.45, 7) is -1.33. The molecule has 25 heavy (non-hydrogen) atoms. The maximum atomic E-state index is 13.1. The Morgan fingerprint density at radius 2 is 0.960 bits per heavy atom. The summed E-state index contributed by atoms with van der Waals surface area (Å²) in [6, 6.07) is 0. The molecule has 0 bridgehead atoms. The third kappa shape index (κ3) is 3.75. The molecule has 0 aromatic rings. The van der Waals surface area contributed by atoms with Crippen LogP contribution >= 0.6 is 0 Å². The van der Waals surface area contributed by atoms with Gasteiger partial charge in [0.1, 0.15) is 0 Å². The van der Waals surface area contributed by atoms with Gasteiger partial charge in [0.05, 0.1) is 12.7 Å². The molecule has 15 heteroatoms. The van der Waals surface area contributed by atoms with Crippen LogP contribution in [0.1, 0.15) is 12.8 Å². The van der Waals surface area contributed by atoms with Crippen molar-refractivity contribution in [2.45, 2.75) is 54.7 Å². The van der Waals surface area contributed by atoms with Gasteiger partial charge in [-0.15, -0.1) is 0 Å². The molecule has 0 heterocycles. The Labute approximate surface area is 130 Å². The molecule has 0 aromatic carbocycles. The fourth-order valence-electron chi connectivity index (χ4n) is 1.40. The van der Waals surface area contributed by atoms with E-state index < -0.39 is 61.3 Å². The van der Waals surface area contributed by atoms with E-state index in [1.807, 2.05) is 0 Å². The summed E-state index contributed by atoms with van der Waals surface area (Å²) in [5.41, 5.74) is 0. The highest BCUT2D eigenvalue weighted by molar-refractivity contribution is 5.10. The molecule has 0 saturated heterocycles. The van der Waals surface area contributed by atoms with Crippen molar-refractivity contribution in [1.82, 2.24) is 0 Å². The number of aliphatic hydroxyl groups excluding tert-OH is 2. The molecule has 2 nitrogen and oxygen atoms in total. The van der Waals surface area contributed by atoms with Crippen LogP contribution in [-0.2, 0) is 0 Å². The summed E-state index contributed by atoms with van der Waals surface area (Å²) >= 11 is 0. The predicted octanol–water partition coefficient (Wildman–Crippen LogP) is 3.86. The van der Waals surface area contributed by atoms with Crippen molar-refractivity contribution in [3.8, 4) is 0 Å². The van der Waals surface area contributed by atoms with Crippen LogP contribution in [0.2, 0.25) is 0 Å². The van der Waals surface area contributed by atoms with E-state index in [9.17, 15) is 57.1 Å². The highest BCUT2D eigenvalue weighted by Gasteiger charge is 2.90. The fourth-order valence-corrected chi connectivity index (χ4v) is 1.40. The Kier molecular flexibility index (Phi) is 6.37. The molecule has 0 radical (unpaired) electrons. The lowest BCUT2D eigenvalue weighted by atomic mass is 9.91. The highest BCUT2D eigenvalue weighted by Crippen LogP contribution is 2.60. The first-order chi connectivity index (χ1) is 10.7. The minimum atomic E-state index is -7.93. The zero-order valence-corrected chi connectivity index (χ0v) is 11.5. The molecule has 2 N–H and O–H groups in total. The van der Waals surface area contributed by atoms with Gasteiger partial charge >= 0.3 is 35.8 Å². The molecule has 0 aliphatic rings. The smallest absolute Gasteiger partial charge is 0.394 e. The van der Waals surface area contributed by atoms with Crippen LogP contribution < -0.4 is 0 Å². The normalized spacial score (nSPS) is 16.9. The lowest BCUT2D eigenvalue weighted by Gasteiger charge is -2.39. The molecule has 0 fully saturated rings. The summed E-state index contributed by atoms with van der Waals surface area (Å²) in [7, 11) is 0. The van der Waals surface area contributed by atoms with Gasteiger partial charge in [0.25, 0.3) is 0 Å². The van der Waals surface area contributed by atoms with E-state index in [1.54, 1.807) is 0 Å². The second kappa shape index (κ2) is 6.63. The Morgan fingerprint density at radius 1 is 0.600 bits per heavy atom. The van der Waals surface area contributed by atoms with Gasteiger partial charge in [0.2, 0.25) is 0 Å². The average Bonchev–Trinajstić information content (AvgIpc) is 2.42. The Bertz CT molecular complexity index is 456. The largest absolute Gasteiger partial charge is 0.460 e. The molecule has 0 amide bonds. The molecule has 0 aliphatic heterocycles. The molecule has 0 aliphatic carbocycles. The number of rotatable bonds is 8. The third-order valence-electron chi connectivity index (χ3n) is 3.00. The molecule has 152 valence electrons. The zero-order valence-electron chi connectivity index (χ0n) is 11.5. The maximum absolute atomic E-state index is 13.1. The van der Waals surface area contributed by atoms with E-state index >= 15 is 0 Å². The quantitative estimate of drug-likeness (QED) is 0.599. The molecule has 1 atom stereocenters. The number of aliphatic hydroxyl groups is 2. The van der Waals surface area contributed by atoms with Gasteiger partial charge in [-0.05, 0) is 6.42 Å². The fraction of sp³-hybridized carbons (Fsp3) is 1.00. The van der Waals surface area contributed by atoms with Gasteiger partial charge in [-0.1, -0.05) is 0 Å². The SMILES string of the molecule is OC[C@@H](O)CCC(F)(F)C(F)(F)C(F)(F)C(F)(F)C(F)(F)C(F)(F)F. The number of halogens is 13. The number of hydrogen-bond donors (Lipinski definition) is 2. The van der Waals surface area contributed by atoms with Gasteiger partial charge in [-0.2, -0.15) is 57.1 Å². The number of hydrogen-bond acceptors (Lipinski definition) is 2. The second-order valence-corrected chi connectivity index (χ2v) is 4.87. The molecule has 0 saturated carbocycles. The van der Waals surface area contributed by atoms with Crippen molar-refractivity contribution in [2.75, 3.05) is 6.61 Å². The van der Waals surface area contributed by atoms with Crippen LogP contribution in [0.3, 0.4) is 0 Å². The Hall–Kier alpha value is -0.990. The monoisotopic (exact) mass is 408 g/mol. The molecule has 0 spiro atoms. The maximum Gasteiger partial charge on any atom is 0.460 e. The first-order valence-electron chi connectivity index (χ1n) is 5.95. The van der Waals surface area contributed by atoms with Crippen LogP contribution in [0.4, 0.5) is 57.1 Å². The minimum Gasteiger partial charge on any atom is -0.394 e. The lowest BCUT2D eigenvalue weighted by molar-refractivity contribution is -0.440. The molecule has 0 rings (SSSR count).